The van der Waals surface area contributed by atoms with Crippen LogP contribution in [0.4, 0.5) is 0 Å². The van der Waals surface area contributed by atoms with Crippen molar-refractivity contribution >= 4 is 10.9 Å². The van der Waals surface area contributed by atoms with Crippen LogP contribution >= 0.6 is 0 Å². The monoisotopic (exact) mass is 289 g/mol. The predicted octanol–water partition coefficient (Wildman–Crippen LogP) is 3.62. The average molecular weight is 289 g/mol. The van der Waals surface area contributed by atoms with E-state index in [1.807, 2.05) is 24.5 Å². The molecular formula is C19H19N3. The predicted molar refractivity (Wildman–Crippen MR) is 88.6 cm³/mol. The molecule has 110 valence electrons. The summed E-state index contributed by atoms with van der Waals surface area (Å²) in [5.74, 6) is 0.564. The molecule has 1 aliphatic heterocycles. The molecule has 3 heteroatoms. The Morgan fingerprint density at radius 3 is 2.86 bits per heavy atom. The number of nitrogens with zero attached hydrogens (tertiary/aromatic N) is 3. The molecule has 3 heterocycles. The number of fused-ring (bicyclic) bond motifs is 1. The van der Waals surface area contributed by atoms with Gasteiger partial charge in [0.2, 0.25) is 0 Å². The molecule has 2 aromatic heterocycles. The zero-order chi connectivity index (χ0) is 14.8. The Morgan fingerprint density at radius 2 is 1.95 bits per heavy atom. The standard InChI is InChI=1S/C19H19N3/c1-2-6-18-16(5-1)11-15(12-21-18)13-22-10-8-17(14-22)19-7-3-4-9-20-19/h1-7,9,11-12,17H,8,10,13-14H2. The lowest BCUT2D eigenvalue weighted by molar-refractivity contribution is 0.326. The minimum absolute atomic E-state index is 0.564. The van der Waals surface area contributed by atoms with Crippen LogP contribution < -0.4 is 0 Å². The van der Waals surface area contributed by atoms with Gasteiger partial charge in [-0.05, 0) is 42.8 Å². The SMILES string of the molecule is c1ccc(C2CCN(Cc3cnc4ccccc4c3)C2)nc1. The minimum Gasteiger partial charge on any atom is -0.298 e. The highest BCUT2D eigenvalue weighted by molar-refractivity contribution is 5.78. The van der Waals surface area contributed by atoms with Gasteiger partial charge in [-0.15, -0.1) is 0 Å². The van der Waals surface area contributed by atoms with E-state index >= 15 is 0 Å². The van der Waals surface area contributed by atoms with Crippen LogP contribution in [0.3, 0.4) is 0 Å². The van der Waals surface area contributed by atoms with E-state index in [1.54, 1.807) is 0 Å². The van der Waals surface area contributed by atoms with Gasteiger partial charge in [-0.3, -0.25) is 14.9 Å². The fraction of sp³-hybridized carbons (Fsp3) is 0.263. The Bertz CT molecular complexity index is 770. The first kappa shape index (κ1) is 13.4. The fourth-order valence-corrected chi connectivity index (χ4v) is 3.30. The smallest absolute Gasteiger partial charge is 0.0702 e. The quantitative estimate of drug-likeness (QED) is 0.737. The summed E-state index contributed by atoms with van der Waals surface area (Å²) in [6.07, 6.45) is 5.10. The van der Waals surface area contributed by atoms with Crippen molar-refractivity contribution < 1.29 is 0 Å². The van der Waals surface area contributed by atoms with Crippen LogP contribution in [0.1, 0.15) is 23.6 Å². The van der Waals surface area contributed by atoms with E-state index in [0.717, 1.165) is 25.2 Å². The van der Waals surface area contributed by atoms with Gasteiger partial charge in [0.05, 0.1) is 5.52 Å². The zero-order valence-corrected chi connectivity index (χ0v) is 12.5. The van der Waals surface area contributed by atoms with Gasteiger partial charge in [0.1, 0.15) is 0 Å². The molecule has 1 fully saturated rings. The largest absolute Gasteiger partial charge is 0.298 e. The van der Waals surface area contributed by atoms with Crippen LogP contribution in [0.2, 0.25) is 0 Å². The third-order valence-electron chi connectivity index (χ3n) is 4.43. The van der Waals surface area contributed by atoms with Crippen molar-refractivity contribution in [1.29, 1.82) is 0 Å². The molecule has 3 nitrogen and oxygen atoms in total. The van der Waals surface area contributed by atoms with E-state index < -0.39 is 0 Å². The molecule has 4 rings (SSSR count). The molecule has 0 aliphatic carbocycles. The lowest BCUT2D eigenvalue weighted by atomic mass is 10.0. The second-order valence-electron chi connectivity index (χ2n) is 6.01. The second-order valence-corrected chi connectivity index (χ2v) is 6.01. The third kappa shape index (κ3) is 2.72. The van der Waals surface area contributed by atoms with Crippen molar-refractivity contribution in [3.8, 4) is 0 Å². The van der Waals surface area contributed by atoms with E-state index in [0.29, 0.717) is 5.92 Å². The molecule has 0 amide bonds. The van der Waals surface area contributed by atoms with Crippen LogP contribution in [0, 0.1) is 0 Å². The molecule has 1 aliphatic rings. The minimum atomic E-state index is 0.564. The molecular weight excluding hydrogens is 270 g/mol. The highest BCUT2D eigenvalue weighted by atomic mass is 15.1. The van der Waals surface area contributed by atoms with Crippen molar-refractivity contribution in [3.05, 3.63) is 72.2 Å². The maximum absolute atomic E-state index is 4.56. The molecule has 0 saturated carbocycles. The van der Waals surface area contributed by atoms with E-state index in [9.17, 15) is 0 Å². The summed E-state index contributed by atoms with van der Waals surface area (Å²) < 4.78 is 0. The average Bonchev–Trinajstić information content (AvgIpc) is 3.04. The number of likely N-dealkylation sites (tertiary alicyclic amines) is 1. The summed E-state index contributed by atoms with van der Waals surface area (Å²) >= 11 is 0. The Hall–Kier alpha value is -2.26. The van der Waals surface area contributed by atoms with Gasteiger partial charge in [0.15, 0.2) is 0 Å². The number of para-hydroxylation sites is 1. The fourth-order valence-electron chi connectivity index (χ4n) is 3.30. The van der Waals surface area contributed by atoms with Crippen LogP contribution in [-0.4, -0.2) is 28.0 Å². The molecule has 0 N–H and O–H groups in total. The van der Waals surface area contributed by atoms with Gasteiger partial charge in [-0.25, -0.2) is 0 Å². The van der Waals surface area contributed by atoms with E-state index in [-0.39, 0.29) is 0 Å². The third-order valence-corrected chi connectivity index (χ3v) is 4.43. The van der Waals surface area contributed by atoms with Crippen LogP contribution in [0.25, 0.3) is 10.9 Å². The van der Waals surface area contributed by atoms with Crippen molar-refractivity contribution in [1.82, 2.24) is 14.9 Å². The normalized spacial score (nSPS) is 18.8. The Morgan fingerprint density at radius 1 is 1.05 bits per heavy atom. The van der Waals surface area contributed by atoms with E-state index in [1.165, 1.54) is 23.1 Å². The lowest BCUT2D eigenvalue weighted by Crippen LogP contribution is -2.20. The van der Waals surface area contributed by atoms with E-state index in [4.69, 9.17) is 0 Å². The molecule has 0 spiro atoms. The number of pyridine rings is 2. The van der Waals surface area contributed by atoms with Gasteiger partial charge in [-0.2, -0.15) is 0 Å². The molecule has 1 unspecified atom stereocenters. The topological polar surface area (TPSA) is 29.0 Å². The zero-order valence-electron chi connectivity index (χ0n) is 12.5. The molecule has 22 heavy (non-hydrogen) atoms. The molecule has 0 radical (unpaired) electrons. The summed E-state index contributed by atoms with van der Waals surface area (Å²) in [5, 5.41) is 1.22. The number of benzene rings is 1. The van der Waals surface area contributed by atoms with Crippen molar-refractivity contribution in [2.24, 2.45) is 0 Å². The maximum Gasteiger partial charge on any atom is 0.0702 e. The number of rotatable bonds is 3. The summed E-state index contributed by atoms with van der Waals surface area (Å²) in [6.45, 7) is 3.19. The first-order valence-corrected chi connectivity index (χ1v) is 7.85. The Balaban J connectivity index is 1.47. The molecule has 0 bridgehead atoms. The van der Waals surface area contributed by atoms with Crippen LogP contribution in [0.5, 0.6) is 0 Å². The molecule has 1 aromatic carbocycles. The number of hydrogen-bond donors (Lipinski definition) is 0. The molecule has 1 saturated heterocycles. The van der Waals surface area contributed by atoms with Gasteiger partial charge in [-0.1, -0.05) is 24.3 Å². The summed E-state index contributed by atoms with van der Waals surface area (Å²) in [4.78, 5) is 11.6. The first-order valence-electron chi connectivity index (χ1n) is 7.85. The maximum atomic E-state index is 4.56. The van der Waals surface area contributed by atoms with Crippen molar-refractivity contribution in [2.75, 3.05) is 13.1 Å². The first-order chi connectivity index (χ1) is 10.9. The lowest BCUT2D eigenvalue weighted by Gasteiger charge is -2.16. The Kier molecular flexibility index (Phi) is 3.57. The number of hydrogen-bond acceptors (Lipinski definition) is 3. The van der Waals surface area contributed by atoms with Crippen LogP contribution in [0.15, 0.2) is 60.9 Å². The molecule has 1 atom stereocenters. The summed E-state index contributed by atoms with van der Waals surface area (Å²) in [5.41, 5.74) is 3.58. The highest BCUT2D eigenvalue weighted by Gasteiger charge is 2.24. The molecule has 3 aromatic rings. The van der Waals surface area contributed by atoms with Gasteiger partial charge < -0.3 is 0 Å². The second kappa shape index (κ2) is 5.85. The van der Waals surface area contributed by atoms with Crippen LogP contribution in [-0.2, 0) is 6.54 Å². The van der Waals surface area contributed by atoms with Gasteiger partial charge >= 0.3 is 0 Å². The Labute approximate surface area is 130 Å². The summed E-state index contributed by atoms with van der Waals surface area (Å²) in [7, 11) is 0. The highest BCUT2D eigenvalue weighted by Crippen LogP contribution is 2.26. The van der Waals surface area contributed by atoms with E-state index in [2.05, 4.69) is 51.3 Å². The van der Waals surface area contributed by atoms with Gasteiger partial charge in [0.25, 0.3) is 0 Å². The van der Waals surface area contributed by atoms with Gasteiger partial charge in [0, 0.05) is 42.5 Å². The number of aromatic nitrogens is 2. The van der Waals surface area contributed by atoms with Crippen molar-refractivity contribution in [2.45, 2.75) is 18.9 Å². The summed E-state index contributed by atoms with van der Waals surface area (Å²) in [6, 6.07) is 16.8. The van der Waals surface area contributed by atoms with Crippen molar-refractivity contribution in [3.63, 3.8) is 0 Å².